The van der Waals surface area contributed by atoms with Crippen LogP contribution in [0.3, 0.4) is 0 Å². The van der Waals surface area contributed by atoms with Crippen molar-refractivity contribution in [3.63, 3.8) is 0 Å². The first-order chi connectivity index (χ1) is 15.5. The van der Waals surface area contributed by atoms with Crippen molar-refractivity contribution in [1.29, 1.82) is 0 Å². The molecule has 160 valence electrons. The Hall–Kier alpha value is -3.03. The number of fused-ring (bicyclic) bond motifs is 1. The van der Waals surface area contributed by atoms with Crippen molar-refractivity contribution in [2.24, 2.45) is 4.99 Å². The number of rotatable bonds is 3. The van der Waals surface area contributed by atoms with E-state index in [1.165, 1.54) is 23.9 Å². The lowest BCUT2D eigenvalue weighted by molar-refractivity contribution is -0.113. The first-order valence-electron chi connectivity index (χ1n) is 10.3. The second-order valence-corrected chi connectivity index (χ2v) is 9.41. The molecule has 3 aromatic rings. The van der Waals surface area contributed by atoms with Gasteiger partial charge in [0, 0.05) is 11.4 Å². The van der Waals surface area contributed by atoms with Crippen LogP contribution in [-0.2, 0) is 4.79 Å². The summed E-state index contributed by atoms with van der Waals surface area (Å²) in [6.45, 7) is 4.83. The molecule has 1 saturated heterocycles. The third-order valence-corrected chi connectivity index (χ3v) is 7.55. The van der Waals surface area contributed by atoms with E-state index >= 15 is 0 Å². The molecule has 0 unspecified atom stereocenters. The summed E-state index contributed by atoms with van der Waals surface area (Å²) >= 11 is 2.97. The van der Waals surface area contributed by atoms with Gasteiger partial charge < -0.3 is 4.90 Å². The van der Waals surface area contributed by atoms with E-state index in [0.717, 1.165) is 33.4 Å². The summed E-state index contributed by atoms with van der Waals surface area (Å²) in [5.41, 5.74) is 3.56. The highest BCUT2D eigenvalue weighted by Crippen LogP contribution is 2.51. The van der Waals surface area contributed by atoms with Gasteiger partial charge in [0.25, 0.3) is 5.91 Å². The topological polar surface area (TPSA) is 35.9 Å². The number of nitrogens with zero attached hydrogens (tertiary/aromatic N) is 3. The van der Waals surface area contributed by atoms with Crippen LogP contribution >= 0.6 is 23.5 Å². The van der Waals surface area contributed by atoms with E-state index in [1.54, 1.807) is 28.8 Å². The summed E-state index contributed by atoms with van der Waals surface area (Å²) in [7, 11) is 0. The fourth-order valence-electron chi connectivity index (χ4n) is 3.72. The number of hydrogen-bond acceptors (Lipinski definition) is 5. The number of amidine groups is 1. The third-order valence-electron chi connectivity index (χ3n) is 5.21. The van der Waals surface area contributed by atoms with Crippen LogP contribution in [0.25, 0.3) is 0 Å². The molecule has 7 heteroatoms. The Bertz CT molecular complexity index is 1270. The highest BCUT2D eigenvalue weighted by atomic mass is 32.2. The molecule has 2 aliphatic rings. The number of thioether (sulfide) groups is 2. The number of aryl methyl sites for hydroxylation is 1. The van der Waals surface area contributed by atoms with Gasteiger partial charge in [0.1, 0.15) is 15.8 Å². The lowest BCUT2D eigenvalue weighted by Crippen LogP contribution is -2.29. The van der Waals surface area contributed by atoms with Crippen molar-refractivity contribution in [1.82, 2.24) is 0 Å². The van der Waals surface area contributed by atoms with E-state index in [-0.39, 0.29) is 11.7 Å². The van der Waals surface area contributed by atoms with Gasteiger partial charge in [-0.3, -0.25) is 9.69 Å². The van der Waals surface area contributed by atoms with Gasteiger partial charge in [0.05, 0.1) is 17.1 Å². The van der Waals surface area contributed by atoms with E-state index < -0.39 is 0 Å². The van der Waals surface area contributed by atoms with Crippen LogP contribution in [0.15, 0.2) is 92.6 Å². The van der Waals surface area contributed by atoms with Gasteiger partial charge in [0.15, 0.2) is 5.17 Å². The highest BCUT2D eigenvalue weighted by Gasteiger charge is 2.40. The first kappa shape index (κ1) is 20.8. The van der Waals surface area contributed by atoms with Gasteiger partial charge in [-0.2, -0.15) is 0 Å². The molecule has 0 saturated carbocycles. The van der Waals surface area contributed by atoms with Crippen molar-refractivity contribution < 1.29 is 9.18 Å². The number of halogens is 1. The van der Waals surface area contributed by atoms with Crippen molar-refractivity contribution in [2.45, 2.75) is 18.7 Å². The van der Waals surface area contributed by atoms with Crippen LogP contribution in [0.5, 0.6) is 0 Å². The maximum absolute atomic E-state index is 13.7. The molecule has 5 rings (SSSR count). The van der Waals surface area contributed by atoms with Crippen molar-refractivity contribution in [3.8, 4) is 0 Å². The smallest absolute Gasteiger partial charge is 0.274 e. The van der Waals surface area contributed by atoms with Crippen molar-refractivity contribution in [2.75, 3.05) is 16.3 Å². The molecule has 0 radical (unpaired) electrons. The standard InChI is InChI=1S/C25H20FN3OS2/c1-3-28-20-9-4-5-10-21(20)31-24(28)22-23(30)29(19-13-11-17(26)12-14-19)25(32-22)27-18-8-6-7-16(2)15-18/h4-15H,3H2,1-2H3/b24-22-,27-25?. The molecule has 0 bridgehead atoms. The second kappa shape index (κ2) is 8.48. The van der Waals surface area contributed by atoms with Crippen LogP contribution in [0.1, 0.15) is 12.5 Å². The summed E-state index contributed by atoms with van der Waals surface area (Å²) in [6.07, 6.45) is 0. The largest absolute Gasteiger partial charge is 0.334 e. The average molecular weight is 462 g/mol. The normalized spacial score (nSPS) is 19.2. The zero-order valence-corrected chi connectivity index (χ0v) is 19.2. The predicted molar refractivity (Wildman–Crippen MR) is 132 cm³/mol. The number of carbonyl (C=O) groups excluding carboxylic acids is 1. The Morgan fingerprint density at radius 2 is 1.75 bits per heavy atom. The maximum Gasteiger partial charge on any atom is 0.274 e. The molecule has 2 heterocycles. The highest BCUT2D eigenvalue weighted by molar-refractivity contribution is 8.20. The molecule has 2 aliphatic heterocycles. The summed E-state index contributed by atoms with van der Waals surface area (Å²) < 4.78 is 13.6. The summed E-state index contributed by atoms with van der Waals surface area (Å²) in [5, 5.41) is 1.47. The van der Waals surface area contributed by atoms with Gasteiger partial charge in [-0.1, -0.05) is 36.0 Å². The van der Waals surface area contributed by atoms with Crippen molar-refractivity contribution in [3.05, 3.63) is 94.1 Å². The van der Waals surface area contributed by atoms with Crippen LogP contribution < -0.4 is 9.80 Å². The number of carbonyl (C=O) groups is 1. The Morgan fingerprint density at radius 1 is 0.969 bits per heavy atom. The van der Waals surface area contributed by atoms with Gasteiger partial charge in [-0.15, -0.1) is 0 Å². The Balaban J connectivity index is 1.63. The molecule has 0 N–H and O–H groups in total. The zero-order chi connectivity index (χ0) is 22.2. The van der Waals surface area contributed by atoms with E-state index in [4.69, 9.17) is 4.99 Å². The van der Waals surface area contributed by atoms with Crippen molar-refractivity contribution >= 4 is 51.7 Å². The SMILES string of the molecule is CCN1/C(=C2/SC(=Nc3cccc(C)c3)N(c3ccc(F)cc3)C2=O)Sc2ccccc21. The molecule has 1 fully saturated rings. The molecule has 0 aliphatic carbocycles. The fourth-order valence-corrected chi connectivity index (χ4v) is 6.12. The summed E-state index contributed by atoms with van der Waals surface area (Å²) in [6, 6.07) is 21.9. The molecule has 0 atom stereocenters. The number of hydrogen-bond donors (Lipinski definition) is 0. The number of amides is 1. The molecule has 4 nitrogen and oxygen atoms in total. The Labute approximate surface area is 194 Å². The number of para-hydroxylation sites is 1. The van der Waals surface area contributed by atoms with Gasteiger partial charge in [0.2, 0.25) is 0 Å². The molecule has 0 aromatic heterocycles. The number of aliphatic imine (C=N–C) groups is 1. The van der Waals surface area contributed by atoms with Crippen LogP contribution in [0.4, 0.5) is 21.5 Å². The zero-order valence-electron chi connectivity index (χ0n) is 17.6. The molecule has 3 aromatic carbocycles. The third kappa shape index (κ3) is 3.72. The molecule has 0 spiro atoms. The Kier molecular flexibility index (Phi) is 5.53. The minimum atomic E-state index is -0.345. The van der Waals surface area contributed by atoms with E-state index in [9.17, 15) is 9.18 Å². The minimum absolute atomic E-state index is 0.151. The van der Waals surface area contributed by atoms with Crippen LogP contribution in [0, 0.1) is 12.7 Å². The summed E-state index contributed by atoms with van der Waals surface area (Å²) in [5.74, 6) is -0.496. The maximum atomic E-state index is 13.7. The summed E-state index contributed by atoms with van der Waals surface area (Å²) in [4.78, 5) is 24.0. The second-order valence-electron chi connectivity index (χ2n) is 7.40. The quantitative estimate of drug-likeness (QED) is 0.407. The van der Waals surface area contributed by atoms with E-state index in [2.05, 4.69) is 24.0 Å². The lowest BCUT2D eigenvalue weighted by atomic mass is 10.2. The molecule has 32 heavy (non-hydrogen) atoms. The van der Waals surface area contributed by atoms with E-state index in [1.807, 2.05) is 43.3 Å². The first-order valence-corrected chi connectivity index (χ1v) is 11.9. The van der Waals surface area contributed by atoms with Crippen LogP contribution in [0.2, 0.25) is 0 Å². The average Bonchev–Trinajstić information content (AvgIpc) is 3.31. The van der Waals surface area contributed by atoms with E-state index in [0.29, 0.717) is 15.8 Å². The van der Waals surface area contributed by atoms with Gasteiger partial charge in [-0.05, 0) is 79.7 Å². The molecular weight excluding hydrogens is 441 g/mol. The van der Waals surface area contributed by atoms with Gasteiger partial charge in [-0.25, -0.2) is 9.38 Å². The predicted octanol–water partition coefficient (Wildman–Crippen LogP) is 6.70. The number of benzene rings is 3. The molecule has 1 amide bonds. The Morgan fingerprint density at radius 3 is 2.50 bits per heavy atom. The lowest BCUT2D eigenvalue weighted by Gasteiger charge is -2.19. The van der Waals surface area contributed by atoms with Gasteiger partial charge >= 0.3 is 0 Å². The van der Waals surface area contributed by atoms with Crippen LogP contribution in [-0.4, -0.2) is 17.6 Å². The minimum Gasteiger partial charge on any atom is -0.334 e. The molecular formula is C25H20FN3OS2. The fraction of sp³-hybridized carbons (Fsp3) is 0.120. The monoisotopic (exact) mass is 461 g/mol. The number of anilines is 2.